The normalized spacial score (nSPS) is 10.4. The highest BCUT2D eigenvalue weighted by atomic mass is 32.1. The van der Waals surface area contributed by atoms with Gasteiger partial charge in [0, 0.05) is 13.6 Å². The summed E-state index contributed by atoms with van der Waals surface area (Å²) in [6, 6.07) is 0. The molecule has 6 nitrogen and oxygen atoms in total. The highest BCUT2D eigenvalue weighted by Gasteiger charge is 2.13. The van der Waals surface area contributed by atoms with Gasteiger partial charge in [0.05, 0.1) is 6.20 Å². The quantitative estimate of drug-likeness (QED) is 0.350. The number of aromatic nitrogens is 5. The molecule has 0 atom stereocenters. The van der Waals surface area contributed by atoms with Gasteiger partial charge in [0.1, 0.15) is 0 Å². The van der Waals surface area contributed by atoms with E-state index < -0.39 is 0 Å². The minimum absolute atomic E-state index is 0.482. The van der Waals surface area contributed by atoms with Crippen LogP contribution in [0.4, 0.5) is 0 Å². The van der Waals surface area contributed by atoms with Crippen molar-refractivity contribution in [1.82, 2.24) is 19.3 Å². The molecule has 0 fully saturated rings. The Kier molecular flexibility index (Phi) is 3.01. The monoisotopic (exact) mass is 249 g/mol. The van der Waals surface area contributed by atoms with E-state index in [1.165, 1.54) is 18.6 Å². The molecule has 2 rings (SSSR count). The predicted molar refractivity (Wildman–Crippen MR) is 64.4 cm³/mol. The average Bonchev–Trinajstić information content (AvgIpc) is 2.58. The highest BCUT2D eigenvalue weighted by Crippen LogP contribution is 2.13. The van der Waals surface area contributed by atoms with Crippen LogP contribution in [0.3, 0.4) is 0 Å². The SMILES string of the molecule is C=CCn1c(-c2c[n+]([O-])ccn2)nn(C)c1=S. The first-order valence-electron chi connectivity index (χ1n) is 4.93. The Bertz CT molecular complexity index is 615. The molecule has 0 N–H and O–H groups in total. The number of aryl methyl sites for hydroxylation is 1. The minimum Gasteiger partial charge on any atom is -0.619 e. The van der Waals surface area contributed by atoms with Crippen molar-refractivity contribution >= 4 is 12.2 Å². The lowest BCUT2D eigenvalue weighted by Gasteiger charge is -2.02. The lowest BCUT2D eigenvalue weighted by molar-refractivity contribution is -0.605. The molecular weight excluding hydrogens is 238 g/mol. The Balaban J connectivity index is 2.62. The number of nitrogens with zero attached hydrogens (tertiary/aromatic N) is 5. The fourth-order valence-electron chi connectivity index (χ4n) is 1.48. The Labute approximate surface area is 103 Å². The van der Waals surface area contributed by atoms with E-state index >= 15 is 0 Å². The molecule has 2 aromatic heterocycles. The molecule has 0 saturated heterocycles. The van der Waals surface area contributed by atoms with Gasteiger partial charge in [0.25, 0.3) is 0 Å². The molecular formula is C10H11N5OS. The van der Waals surface area contributed by atoms with E-state index in [0.29, 0.717) is 27.6 Å². The molecule has 0 unspecified atom stereocenters. The van der Waals surface area contributed by atoms with Crippen LogP contribution in [0.25, 0.3) is 11.5 Å². The summed E-state index contributed by atoms with van der Waals surface area (Å²) < 4.78 is 4.57. The van der Waals surface area contributed by atoms with Gasteiger partial charge in [0.2, 0.25) is 6.20 Å². The van der Waals surface area contributed by atoms with Gasteiger partial charge in [-0.1, -0.05) is 6.08 Å². The van der Waals surface area contributed by atoms with Gasteiger partial charge in [-0.05, 0) is 12.2 Å². The maximum Gasteiger partial charge on any atom is 0.210 e. The van der Waals surface area contributed by atoms with Crippen molar-refractivity contribution in [2.45, 2.75) is 6.54 Å². The van der Waals surface area contributed by atoms with E-state index in [0.717, 1.165) is 0 Å². The highest BCUT2D eigenvalue weighted by molar-refractivity contribution is 7.71. The third kappa shape index (κ3) is 2.09. The minimum atomic E-state index is 0.482. The molecule has 7 heteroatoms. The summed E-state index contributed by atoms with van der Waals surface area (Å²) in [6.45, 7) is 4.19. The fraction of sp³-hybridized carbons (Fsp3) is 0.200. The molecule has 2 aromatic rings. The second kappa shape index (κ2) is 4.46. The topological polar surface area (TPSA) is 62.6 Å². The van der Waals surface area contributed by atoms with Gasteiger partial charge >= 0.3 is 0 Å². The predicted octanol–water partition coefficient (Wildman–Crippen LogP) is 0.832. The maximum atomic E-state index is 11.2. The number of hydrogen-bond donors (Lipinski definition) is 0. The van der Waals surface area contributed by atoms with Gasteiger partial charge < -0.3 is 5.21 Å². The number of hydrogen-bond acceptors (Lipinski definition) is 4. The van der Waals surface area contributed by atoms with E-state index in [1.807, 2.05) is 0 Å². The van der Waals surface area contributed by atoms with Crippen LogP contribution in [-0.2, 0) is 13.6 Å². The van der Waals surface area contributed by atoms with E-state index in [9.17, 15) is 5.21 Å². The van der Waals surface area contributed by atoms with Crippen LogP contribution in [0, 0.1) is 9.98 Å². The summed E-state index contributed by atoms with van der Waals surface area (Å²) in [5.74, 6) is 0.558. The van der Waals surface area contributed by atoms with Crippen LogP contribution in [0.2, 0.25) is 0 Å². The van der Waals surface area contributed by atoms with E-state index in [-0.39, 0.29) is 0 Å². The third-order valence-corrected chi connectivity index (χ3v) is 2.71. The van der Waals surface area contributed by atoms with Crippen molar-refractivity contribution in [3.05, 3.63) is 41.2 Å². The first kappa shape index (κ1) is 11.5. The summed E-state index contributed by atoms with van der Waals surface area (Å²) >= 11 is 5.22. The standard InChI is InChI=1S/C10H11N5OS/c1-3-5-15-9(12-13(2)10(15)17)8-7-14(16)6-4-11-8/h3-4,6-7H,1,5H2,2H3. The zero-order valence-electron chi connectivity index (χ0n) is 9.28. The van der Waals surface area contributed by atoms with Crippen LogP contribution < -0.4 is 4.73 Å². The lowest BCUT2D eigenvalue weighted by Crippen LogP contribution is -2.25. The molecule has 0 spiro atoms. The number of rotatable bonds is 3. The molecule has 0 aromatic carbocycles. The van der Waals surface area contributed by atoms with Crippen LogP contribution in [0.1, 0.15) is 0 Å². The van der Waals surface area contributed by atoms with E-state index in [1.54, 1.807) is 22.4 Å². The van der Waals surface area contributed by atoms with Gasteiger partial charge in [-0.15, -0.1) is 11.7 Å². The lowest BCUT2D eigenvalue weighted by atomic mass is 10.4. The molecule has 0 bridgehead atoms. The molecule has 0 amide bonds. The van der Waals surface area contributed by atoms with Crippen molar-refractivity contribution in [2.24, 2.45) is 7.05 Å². The number of allylic oxidation sites excluding steroid dienone is 1. The molecule has 17 heavy (non-hydrogen) atoms. The first-order valence-corrected chi connectivity index (χ1v) is 5.34. The largest absolute Gasteiger partial charge is 0.619 e. The Morgan fingerprint density at radius 1 is 1.65 bits per heavy atom. The van der Waals surface area contributed by atoms with Gasteiger partial charge in [-0.25, -0.2) is 9.67 Å². The average molecular weight is 249 g/mol. The Morgan fingerprint density at radius 3 is 3.06 bits per heavy atom. The molecule has 0 radical (unpaired) electrons. The summed E-state index contributed by atoms with van der Waals surface area (Å²) in [6.07, 6.45) is 5.82. The summed E-state index contributed by atoms with van der Waals surface area (Å²) in [4.78, 5) is 4.11. The van der Waals surface area contributed by atoms with Crippen molar-refractivity contribution < 1.29 is 4.73 Å². The summed E-state index contributed by atoms with van der Waals surface area (Å²) in [5, 5.41) is 15.5. The second-order valence-corrected chi connectivity index (χ2v) is 3.80. The van der Waals surface area contributed by atoms with Gasteiger partial charge in [-0.3, -0.25) is 4.57 Å². The van der Waals surface area contributed by atoms with E-state index in [4.69, 9.17) is 12.2 Å². The molecule has 0 saturated carbocycles. The van der Waals surface area contributed by atoms with E-state index in [2.05, 4.69) is 16.7 Å². The maximum absolute atomic E-state index is 11.2. The summed E-state index contributed by atoms with van der Waals surface area (Å²) in [7, 11) is 1.75. The summed E-state index contributed by atoms with van der Waals surface area (Å²) in [5.41, 5.74) is 0.482. The van der Waals surface area contributed by atoms with Gasteiger partial charge in [0.15, 0.2) is 22.5 Å². The molecule has 88 valence electrons. The first-order chi connectivity index (χ1) is 8.13. The van der Waals surface area contributed by atoms with Crippen LogP contribution in [0.15, 0.2) is 31.2 Å². The molecule has 0 aliphatic heterocycles. The van der Waals surface area contributed by atoms with Crippen LogP contribution in [-0.4, -0.2) is 19.3 Å². The van der Waals surface area contributed by atoms with Crippen molar-refractivity contribution in [2.75, 3.05) is 0 Å². The van der Waals surface area contributed by atoms with Crippen molar-refractivity contribution in [3.8, 4) is 11.5 Å². The molecule has 0 aliphatic carbocycles. The third-order valence-electron chi connectivity index (χ3n) is 2.23. The van der Waals surface area contributed by atoms with Crippen LogP contribution >= 0.6 is 12.2 Å². The fourth-order valence-corrected chi connectivity index (χ4v) is 1.68. The Morgan fingerprint density at radius 2 is 2.41 bits per heavy atom. The molecule has 2 heterocycles. The van der Waals surface area contributed by atoms with Crippen molar-refractivity contribution in [3.63, 3.8) is 0 Å². The zero-order chi connectivity index (χ0) is 12.4. The molecule has 0 aliphatic rings. The van der Waals surface area contributed by atoms with Gasteiger partial charge in [-0.2, -0.15) is 4.73 Å². The Hall–Kier alpha value is -2.02. The smallest absolute Gasteiger partial charge is 0.210 e. The van der Waals surface area contributed by atoms with Crippen molar-refractivity contribution in [1.29, 1.82) is 0 Å². The zero-order valence-corrected chi connectivity index (χ0v) is 10.1. The second-order valence-electron chi connectivity index (χ2n) is 3.43. The van der Waals surface area contributed by atoms with Crippen LogP contribution in [0.5, 0.6) is 0 Å².